The molecule has 0 N–H and O–H groups in total. The number of halogens is 2. The summed E-state index contributed by atoms with van der Waals surface area (Å²) in [7, 11) is 0. The van der Waals surface area contributed by atoms with Crippen molar-refractivity contribution in [2.24, 2.45) is 5.92 Å². The minimum Gasteiger partial charge on any atom is -0.463 e. The first kappa shape index (κ1) is 38.1. The van der Waals surface area contributed by atoms with Crippen LogP contribution in [-0.4, -0.2) is 66.9 Å². The number of carbonyl (C=O) groups is 5. The highest BCUT2D eigenvalue weighted by Crippen LogP contribution is 2.46. The Morgan fingerprint density at radius 3 is 1.75 bits per heavy atom. The highest BCUT2D eigenvalue weighted by Gasteiger charge is 2.52. The summed E-state index contributed by atoms with van der Waals surface area (Å²) in [5.74, 6) is -3.90. The van der Waals surface area contributed by atoms with Gasteiger partial charge in [-0.25, -0.2) is 8.78 Å². The minimum atomic E-state index is -1.27. The lowest BCUT2D eigenvalue weighted by atomic mass is 9.78. The fraction of sp³-hybridized carbons (Fsp3) is 0.410. The third-order valence-electron chi connectivity index (χ3n) is 9.06. The van der Waals surface area contributed by atoms with Gasteiger partial charge < -0.3 is 28.6 Å². The monoisotopic (exact) mass is 721 g/mol. The molecule has 3 aromatic rings. The van der Waals surface area contributed by atoms with Crippen LogP contribution in [0.1, 0.15) is 63.3 Å². The van der Waals surface area contributed by atoms with Crippen LogP contribution in [0.2, 0.25) is 0 Å². The Morgan fingerprint density at radius 1 is 0.673 bits per heavy atom. The number of β-lactam (4-membered cyclic amide) rings is 1. The first-order chi connectivity index (χ1) is 24.8. The summed E-state index contributed by atoms with van der Waals surface area (Å²) in [5.41, 5.74) is 3.09. The molecule has 2 fully saturated rings. The van der Waals surface area contributed by atoms with Crippen LogP contribution in [0.15, 0.2) is 72.8 Å². The smallest absolute Gasteiger partial charge is 0.303 e. The van der Waals surface area contributed by atoms with E-state index in [1.807, 2.05) is 24.3 Å². The number of carbonyl (C=O) groups excluding carboxylic acids is 5. The summed E-state index contributed by atoms with van der Waals surface area (Å²) >= 11 is 0. The van der Waals surface area contributed by atoms with Gasteiger partial charge in [-0.15, -0.1) is 0 Å². The zero-order valence-corrected chi connectivity index (χ0v) is 29.3. The number of benzene rings is 3. The van der Waals surface area contributed by atoms with E-state index in [2.05, 4.69) is 0 Å². The van der Waals surface area contributed by atoms with Gasteiger partial charge in [0.1, 0.15) is 30.4 Å². The van der Waals surface area contributed by atoms with Crippen LogP contribution in [0.5, 0.6) is 0 Å². The molecule has 5 rings (SSSR count). The van der Waals surface area contributed by atoms with Crippen LogP contribution in [0.25, 0.3) is 0 Å². The van der Waals surface area contributed by atoms with Crippen molar-refractivity contribution in [1.82, 2.24) is 0 Å². The van der Waals surface area contributed by atoms with Gasteiger partial charge in [0.25, 0.3) is 0 Å². The Hall–Kier alpha value is -5.17. The fourth-order valence-electron chi connectivity index (χ4n) is 6.84. The maximum absolute atomic E-state index is 13.8. The molecule has 0 radical (unpaired) electrons. The minimum absolute atomic E-state index is 0.0858. The third-order valence-corrected chi connectivity index (χ3v) is 9.06. The molecule has 11 nitrogen and oxygen atoms in total. The van der Waals surface area contributed by atoms with Crippen LogP contribution in [0, 0.1) is 17.6 Å². The Balaban J connectivity index is 1.39. The quantitative estimate of drug-likeness (QED) is 0.129. The summed E-state index contributed by atoms with van der Waals surface area (Å²) in [6, 6.07) is 19.1. The Bertz CT molecular complexity index is 1750. The molecule has 276 valence electrons. The van der Waals surface area contributed by atoms with Crippen molar-refractivity contribution in [2.45, 2.75) is 89.9 Å². The highest BCUT2D eigenvalue weighted by atomic mass is 19.1. The van der Waals surface area contributed by atoms with Gasteiger partial charge in [-0.2, -0.15) is 0 Å². The SMILES string of the molecule is CC(=O)OCC1OC(Cc2ccc(C3C(CCCc4ccc(F)cc4)C(=O)N3c3ccc(F)cc3)cc2)C(OC(C)=O)C(OC(C)=O)C1OC(C)=O. The Labute approximate surface area is 300 Å². The van der Waals surface area contributed by atoms with Gasteiger partial charge in [-0.3, -0.25) is 24.0 Å². The van der Waals surface area contributed by atoms with Gasteiger partial charge in [0.05, 0.1) is 12.0 Å². The van der Waals surface area contributed by atoms with E-state index in [-0.39, 0.29) is 36.7 Å². The highest BCUT2D eigenvalue weighted by molar-refractivity contribution is 6.03. The Morgan fingerprint density at radius 2 is 1.19 bits per heavy atom. The van der Waals surface area contributed by atoms with E-state index in [1.54, 1.807) is 29.2 Å². The molecule has 7 atom stereocenters. The molecule has 2 heterocycles. The summed E-state index contributed by atoms with van der Waals surface area (Å²) in [5, 5.41) is 0. The number of nitrogens with zero attached hydrogens (tertiary/aromatic N) is 1. The predicted octanol–water partition coefficient (Wildman–Crippen LogP) is 5.36. The molecule has 7 unspecified atom stereocenters. The van der Waals surface area contributed by atoms with E-state index < -0.39 is 60.2 Å². The van der Waals surface area contributed by atoms with E-state index >= 15 is 0 Å². The van der Waals surface area contributed by atoms with Crippen LogP contribution >= 0.6 is 0 Å². The average Bonchev–Trinajstić information content (AvgIpc) is 3.08. The Kier molecular flexibility index (Phi) is 12.4. The molecule has 1 amide bonds. The third kappa shape index (κ3) is 9.38. The van der Waals surface area contributed by atoms with Crippen molar-refractivity contribution in [3.8, 4) is 0 Å². The molecule has 0 spiro atoms. The molecule has 0 aromatic heterocycles. The lowest BCUT2D eigenvalue weighted by Crippen LogP contribution is -2.62. The zero-order valence-electron chi connectivity index (χ0n) is 29.3. The second-order valence-electron chi connectivity index (χ2n) is 12.9. The van der Waals surface area contributed by atoms with Crippen molar-refractivity contribution in [3.63, 3.8) is 0 Å². The van der Waals surface area contributed by atoms with E-state index in [0.717, 1.165) is 30.5 Å². The molecule has 13 heteroatoms. The number of ether oxygens (including phenoxy) is 5. The first-order valence-corrected chi connectivity index (χ1v) is 17.0. The van der Waals surface area contributed by atoms with Crippen LogP contribution < -0.4 is 4.90 Å². The molecular formula is C39H41F2NO10. The van der Waals surface area contributed by atoms with Crippen molar-refractivity contribution >= 4 is 35.5 Å². The van der Waals surface area contributed by atoms with Crippen LogP contribution in [0.3, 0.4) is 0 Å². The average molecular weight is 722 g/mol. The number of esters is 4. The van der Waals surface area contributed by atoms with E-state index in [1.165, 1.54) is 38.1 Å². The second kappa shape index (κ2) is 16.9. The molecular weight excluding hydrogens is 680 g/mol. The summed E-state index contributed by atoms with van der Waals surface area (Å²) in [6.07, 6.45) is -3.62. The number of aryl methyl sites for hydroxylation is 1. The summed E-state index contributed by atoms with van der Waals surface area (Å²) < 4.78 is 55.2. The summed E-state index contributed by atoms with van der Waals surface area (Å²) in [6.45, 7) is 4.38. The van der Waals surface area contributed by atoms with Crippen molar-refractivity contribution in [3.05, 3.63) is 101 Å². The van der Waals surface area contributed by atoms with Gasteiger partial charge in [0, 0.05) is 39.8 Å². The molecule has 3 aromatic carbocycles. The van der Waals surface area contributed by atoms with Gasteiger partial charge >= 0.3 is 23.9 Å². The molecule has 0 aliphatic carbocycles. The lowest BCUT2D eigenvalue weighted by Gasteiger charge is -2.48. The molecule has 2 aliphatic rings. The number of anilines is 1. The van der Waals surface area contributed by atoms with Crippen molar-refractivity contribution < 1.29 is 56.4 Å². The van der Waals surface area contributed by atoms with E-state index in [9.17, 15) is 32.8 Å². The maximum Gasteiger partial charge on any atom is 0.303 e. The number of amides is 1. The zero-order chi connectivity index (χ0) is 37.5. The topological polar surface area (TPSA) is 135 Å². The fourth-order valence-corrected chi connectivity index (χ4v) is 6.84. The van der Waals surface area contributed by atoms with E-state index in [4.69, 9.17) is 23.7 Å². The molecule has 0 saturated carbocycles. The molecule has 2 aliphatic heterocycles. The van der Waals surface area contributed by atoms with Gasteiger partial charge in [0.2, 0.25) is 5.91 Å². The van der Waals surface area contributed by atoms with Gasteiger partial charge in [-0.1, -0.05) is 36.4 Å². The van der Waals surface area contributed by atoms with Gasteiger partial charge in [-0.05, 0) is 72.4 Å². The molecule has 52 heavy (non-hydrogen) atoms. The van der Waals surface area contributed by atoms with E-state index in [0.29, 0.717) is 24.9 Å². The lowest BCUT2D eigenvalue weighted by molar-refractivity contribution is -0.252. The summed E-state index contributed by atoms with van der Waals surface area (Å²) in [4.78, 5) is 63.4. The molecule has 2 saturated heterocycles. The first-order valence-electron chi connectivity index (χ1n) is 17.0. The molecule has 0 bridgehead atoms. The van der Waals surface area contributed by atoms with Crippen LogP contribution in [-0.2, 0) is 60.5 Å². The maximum atomic E-state index is 13.8. The standard InChI is InChI=1S/C39H41F2NO10/c1-22(43)48-21-34-37(50-24(3)45)38(51-25(4)46)36(49-23(2)44)33(52-34)20-27-8-12-28(13-9-27)35-32(7-5-6-26-10-14-29(40)15-11-26)39(47)42(35)31-18-16-30(41)17-19-31/h8-19,32-38H,5-7,20-21H2,1-4H3. The number of hydrogen-bond acceptors (Lipinski definition) is 10. The normalized spacial score (nSPS) is 24.0. The largest absolute Gasteiger partial charge is 0.463 e. The van der Waals surface area contributed by atoms with Gasteiger partial charge in [0.15, 0.2) is 18.3 Å². The van der Waals surface area contributed by atoms with Crippen LogP contribution in [0.4, 0.5) is 14.5 Å². The van der Waals surface area contributed by atoms with Crippen molar-refractivity contribution in [2.75, 3.05) is 11.5 Å². The second-order valence-corrected chi connectivity index (χ2v) is 12.9. The number of rotatable bonds is 13. The van der Waals surface area contributed by atoms with Crippen molar-refractivity contribution in [1.29, 1.82) is 0 Å². The number of hydrogen-bond donors (Lipinski definition) is 0. The predicted molar refractivity (Wildman–Crippen MR) is 182 cm³/mol.